The third-order valence-corrected chi connectivity index (χ3v) is 2.70. The summed E-state index contributed by atoms with van der Waals surface area (Å²) in [6.07, 6.45) is 5.73. The lowest BCUT2D eigenvalue weighted by atomic mass is 9.95. The Morgan fingerprint density at radius 1 is 1.36 bits per heavy atom. The second kappa shape index (κ2) is 4.74. The fourth-order valence-corrected chi connectivity index (χ4v) is 2.08. The van der Waals surface area contributed by atoms with Gasteiger partial charge in [-0.1, -0.05) is 5.57 Å². The van der Waals surface area contributed by atoms with Gasteiger partial charge in [-0.3, -0.25) is 4.79 Å². The van der Waals surface area contributed by atoms with Crippen LogP contribution in [-0.4, -0.2) is 18.0 Å². The Hall–Kier alpha value is -0.630. The van der Waals surface area contributed by atoms with E-state index in [2.05, 4.69) is 0 Å². The van der Waals surface area contributed by atoms with E-state index >= 15 is 0 Å². The summed E-state index contributed by atoms with van der Waals surface area (Å²) in [5.74, 6) is 0.164. The number of carbonyl (C=O) groups excluding carboxylic acids is 1. The molecule has 2 heteroatoms. The van der Waals surface area contributed by atoms with Crippen LogP contribution < -0.4 is 0 Å². The van der Waals surface area contributed by atoms with Crippen LogP contribution >= 0.6 is 0 Å². The van der Waals surface area contributed by atoms with E-state index in [9.17, 15) is 4.79 Å². The minimum Gasteiger partial charge on any atom is -0.367 e. The minimum absolute atomic E-state index is 0.164. The topological polar surface area (TPSA) is 26.3 Å². The quantitative estimate of drug-likeness (QED) is 0.646. The highest BCUT2D eigenvalue weighted by atomic mass is 16.5. The van der Waals surface area contributed by atoms with Crippen molar-refractivity contribution in [2.75, 3.05) is 6.61 Å². The fraction of sp³-hybridized carbons (Fsp3) is 0.750. The first-order chi connectivity index (χ1) is 6.60. The Balaban J connectivity index is 2.77. The molecule has 1 fully saturated rings. The second-order valence-corrected chi connectivity index (χ2v) is 4.22. The summed E-state index contributed by atoms with van der Waals surface area (Å²) in [7, 11) is 0. The van der Waals surface area contributed by atoms with E-state index in [-0.39, 0.29) is 5.78 Å². The van der Waals surface area contributed by atoms with Gasteiger partial charge < -0.3 is 4.74 Å². The number of carbonyl (C=O) groups is 1. The van der Waals surface area contributed by atoms with Gasteiger partial charge in [0.2, 0.25) is 0 Å². The largest absolute Gasteiger partial charge is 0.367 e. The van der Waals surface area contributed by atoms with Crippen molar-refractivity contribution in [3.05, 3.63) is 11.6 Å². The second-order valence-electron chi connectivity index (χ2n) is 4.22. The van der Waals surface area contributed by atoms with Crippen LogP contribution in [0.1, 0.15) is 46.5 Å². The Bertz CT molecular complexity index is 231. The first kappa shape index (κ1) is 11.4. The molecule has 0 aromatic heterocycles. The van der Waals surface area contributed by atoms with Gasteiger partial charge >= 0.3 is 0 Å². The maximum Gasteiger partial charge on any atom is 0.187 e. The Morgan fingerprint density at radius 2 is 1.93 bits per heavy atom. The lowest BCUT2D eigenvalue weighted by Gasteiger charge is -2.25. The molecule has 0 heterocycles. The lowest BCUT2D eigenvalue weighted by Crippen LogP contribution is -2.37. The zero-order valence-corrected chi connectivity index (χ0v) is 9.43. The van der Waals surface area contributed by atoms with Gasteiger partial charge in [-0.2, -0.15) is 0 Å². The normalized spacial score (nSPS) is 19.4. The van der Waals surface area contributed by atoms with Gasteiger partial charge in [0.05, 0.1) is 0 Å². The van der Waals surface area contributed by atoms with Crippen molar-refractivity contribution in [2.24, 2.45) is 0 Å². The lowest BCUT2D eigenvalue weighted by molar-refractivity contribution is -0.138. The number of hydrogen-bond donors (Lipinski definition) is 0. The van der Waals surface area contributed by atoms with E-state index in [1.165, 1.54) is 0 Å². The van der Waals surface area contributed by atoms with Crippen LogP contribution in [0, 0.1) is 0 Å². The molecular weight excluding hydrogens is 176 g/mol. The molecular formula is C12H20O2. The SMILES string of the molecule is CCOC1(C(=O)C=C(C)C)CCCC1. The zero-order chi connectivity index (χ0) is 10.6. The van der Waals surface area contributed by atoms with E-state index < -0.39 is 5.60 Å². The van der Waals surface area contributed by atoms with Gasteiger partial charge in [0.15, 0.2) is 5.78 Å². The smallest absolute Gasteiger partial charge is 0.187 e. The number of allylic oxidation sites excluding steroid dienone is 1. The van der Waals surface area contributed by atoms with Crippen LogP contribution in [0.2, 0.25) is 0 Å². The molecule has 1 aliphatic rings. The van der Waals surface area contributed by atoms with E-state index in [1.54, 1.807) is 6.08 Å². The van der Waals surface area contributed by atoms with Gasteiger partial charge in [-0.25, -0.2) is 0 Å². The van der Waals surface area contributed by atoms with E-state index in [0.717, 1.165) is 31.3 Å². The zero-order valence-electron chi connectivity index (χ0n) is 9.43. The average molecular weight is 196 g/mol. The molecule has 0 unspecified atom stereocenters. The van der Waals surface area contributed by atoms with Crippen LogP contribution in [0.4, 0.5) is 0 Å². The standard InChI is InChI=1S/C12H20O2/c1-4-14-12(7-5-6-8-12)11(13)9-10(2)3/h9H,4-8H2,1-3H3. The average Bonchev–Trinajstić information content (AvgIpc) is 2.53. The summed E-state index contributed by atoms with van der Waals surface area (Å²) in [6.45, 7) is 6.48. The van der Waals surface area contributed by atoms with E-state index in [1.807, 2.05) is 20.8 Å². The monoisotopic (exact) mass is 196 g/mol. The molecule has 0 aromatic rings. The Kier molecular flexibility index (Phi) is 3.87. The number of ketones is 1. The van der Waals surface area contributed by atoms with Crippen molar-refractivity contribution in [1.82, 2.24) is 0 Å². The highest BCUT2D eigenvalue weighted by Gasteiger charge is 2.40. The van der Waals surface area contributed by atoms with Gasteiger partial charge in [0, 0.05) is 6.61 Å². The van der Waals surface area contributed by atoms with Crippen molar-refractivity contribution >= 4 is 5.78 Å². The molecule has 2 nitrogen and oxygen atoms in total. The van der Waals surface area contributed by atoms with Gasteiger partial charge in [-0.05, 0) is 52.5 Å². The van der Waals surface area contributed by atoms with Crippen molar-refractivity contribution in [2.45, 2.75) is 52.1 Å². The maximum absolute atomic E-state index is 12.0. The molecule has 0 N–H and O–H groups in total. The Labute approximate surface area is 86.3 Å². The molecule has 1 saturated carbocycles. The molecule has 0 spiro atoms. The molecule has 0 amide bonds. The van der Waals surface area contributed by atoms with Crippen molar-refractivity contribution in [3.63, 3.8) is 0 Å². The highest BCUT2D eigenvalue weighted by molar-refractivity contribution is 5.97. The molecule has 1 aliphatic carbocycles. The molecule has 0 aliphatic heterocycles. The van der Waals surface area contributed by atoms with Crippen molar-refractivity contribution in [1.29, 1.82) is 0 Å². The predicted octanol–water partition coefficient (Wildman–Crippen LogP) is 2.87. The first-order valence-corrected chi connectivity index (χ1v) is 5.44. The van der Waals surface area contributed by atoms with Crippen LogP contribution in [0.15, 0.2) is 11.6 Å². The maximum atomic E-state index is 12.0. The fourth-order valence-electron chi connectivity index (χ4n) is 2.08. The van der Waals surface area contributed by atoms with Crippen molar-refractivity contribution < 1.29 is 9.53 Å². The number of rotatable bonds is 4. The molecule has 0 bridgehead atoms. The third-order valence-electron chi connectivity index (χ3n) is 2.70. The van der Waals surface area contributed by atoms with Gasteiger partial charge in [0.1, 0.15) is 5.60 Å². The number of hydrogen-bond acceptors (Lipinski definition) is 2. The molecule has 0 atom stereocenters. The number of ether oxygens (including phenoxy) is 1. The molecule has 80 valence electrons. The van der Waals surface area contributed by atoms with Crippen LogP contribution in [-0.2, 0) is 9.53 Å². The molecule has 0 saturated heterocycles. The van der Waals surface area contributed by atoms with Crippen LogP contribution in [0.3, 0.4) is 0 Å². The van der Waals surface area contributed by atoms with Crippen molar-refractivity contribution in [3.8, 4) is 0 Å². The molecule has 0 aromatic carbocycles. The highest BCUT2D eigenvalue weighted by Crippen LogP contribution is 2.34. The summed E-state index contributed by atoms with van der Waals surface area (Å²) < 4.78 is 5.66. The minimum atomic E-state index is -0.480. The molecule has 1 rings (SSSR count). The van der Waals surface area contributed by atoms with Gasteiger partial charge in [-0.15, -0.1) is 0 Å². The van der Waals surface area contributed by atoms with E-state index in [4.69, 9.17) is 4.74 Å². The predicted molar refractivity (Wildman–Crippen MR) is 57.3 cm³/mol. The first-order valence-electron chi connectivity index (χ1n) is 5.44. The summed E-state index contributed by atoms with van der Waals surface area (Å²) in [5.41, 5.74) is 0.576. The summed E-state index contributed by atoms with van der Waals surface area (Å²) in [4.78, 5) is 12.0. The summed E-state index contributed by atoms with van der Waals surface area (Å²) in [6, 6.07) is 0. The molecule has 0 radical (unpaired) electrons. The van der Waals surface area contributed by atoms with Crippen LogP contribution in [0.5, 0.6) is 0 Å². The summed E-state index contributed by atoms with van der Waals surface area (Å²) in [5, 5.41) is 0. The summed E-state index contributed by atoms with van der Waals surface area (Å²) >= 11 is 0. The van der Waals surface area contributed by atoms with Crippen LogP contribution in [0.25, 0.3) is 0 Å². The van der Waals surface area contributed by atoms with E-state index in [0.29, 0.717) is 6.61 Å². The molecule has 14 heavy (non-hydrogen) atoms. The Morgan fingerprint density at radius 3 is 2.36 bits per heavy atom. The third kappa shape index (κ3) is 2.44. The van der Waals surface area contributed by atoms with Gasteiger partial charge in [0.25, 0.3) is 0 Å².